The monoisotopic (exact) mass is 442 g/mol. The van der Waals surface area contributed by atoms with E-state index in [9.17, 15) is 10.5 Å². The molecule has 33 heavy (non-hydrogen) atoms. The number of nitrogens with zero attached hydrogens (tertiary/aromatic N) is 3. The van der Waals surface area contributed by atoms with E-state index >= 15 is 0 Å². The molecule has 0 aliphatic heterocycles. The summed E-state index contributed by atoms with van der Waals surface area (Å²) in [5, 5.41) is 23.7. The van der Waals surface area contributed by atoms with Gasteiger partial charge in [0.05, 0.1) is 39.9 Å². The van der Waals surface area contributed by atoms with Gasteiger partial charge in [-0.25, -0.2) is 4.98 Å². The van der Waals surface area contributed by atoms with Gasteiger partial charge in [0.2, 0.25) is 0 Å². The number of hydrogen-bond donors (Lipinski definition) is 1. The van der Waals surface area contributed by atoms with Gasteiger partial charge in [0.15, 0.2) is 0 Å². The van der Waals surface area contributed by atoms with Crippen molar-refractivity contribution in [3.05, 3.63) is 88.5 Å². The summed E-state index contributed by atoms with van der Waals surface area (Å²) in [6, 6.07) is 21.1. The SMILES string of the molecule is C=C(C)C#Cc1ccc2c(c1)c1cc(Cl)ccc1c1nc(-c3c(C#N)cccc3C#N)[nH]c21. The molecule has 0 atom stereocenters. The maximum absolute atomic E-state index is 9.63. The molecule has 0 saturated heterocycles. The Morgan fingerprint density at radius 1 is 0.939 bits per heavy atom. The molecule has 1 aromatic heterocycles. The highest BCUT2D eigenvalue weighted by Gasteiger charge is 2.18. The number of H-pyrrole nitrogens is 1. The van der Waals surface area contributed by atoms with E-state index in [0.29, 0.717) is 27.5 Å². The summed E-state index contributed by atoms with van der Waals surface area (Å²) in [7, 11) is 0. The molecule has 0 fully saturated rings. The molecule has 0 unspecified atom stereocenters. The summed E-state index contributed by atoms with van der Waals surface area (Å²) in [6.45, 7) is 5.71. The first-order valence-electron chi connectivity index (χ1n) is 10.2. The Bertz CT molecular complexity index is 1750. The van der Waals surface area contributed by atoms with Crippen molar-refractivity contribution in [1.82, 2.24) is 9.97 Å². The van der Waals surface area contributed by atoms with Crippen molar-refractivity contribution in [2.75, 3.05) is 0 Å². The van der Waals surface area contributed by atoms with Gasteiger partial charge in [0, 0.05) is 21.4 Å². The second kappa shape index (κ2) is 7.85. The average molecular weight is 443 g/mol. The summed E-state index contributed by atoms with van der Waals surface area (Å²) < 4.78 is 0. The molecule has 0 bridgehead atoms. The average Bonchev–Trinajstić information content (AvgIpc) is 3.27. The molecular weight excluding hydrogens is 428 g/mol. The van der Waals surface area contributed by atoms with Crippen LogP contribution in [0, 0.1) is 34.5 Å². The largest absolute Gasteiger partial charge is 0.337 e. The zero-order valence-electron chi connectivity index (χ0n) is 17.6. The Hall–Kier alpha value is -4.56. The molecule has 0 radical (unpaired) electrons. The third-order valence-corrected chi connectivity index (χ3v) is 5.72. The van der Waals surface area contributed by atoms with Crippen molar-refractivity contribution in [2.24, 2.45) is 0 Å². The van der Waals surface area contributed by atoms with Gasteiger partial charge in [0.1, 0.15) is 5.82 Å². The fourth-order valence-corrected chi connectivity index (χ4v) is 4.23. The van der Waals surface area contributed by atoms with Crippen molar-refractivity contribution in [3.63, 3.8) is 0 Å². The molecule has 0 aliphatic carbocycles. The van der Waals surface area contributed by atoms with E-state index < -0.39 is 0 Å². The molecule has 0 spiro atoms. The normalized spacial score (nSPS) is 10.5. The van der Waals surface area contributed by atoms with Crippen LogP contribution in [0.5, 0.6) is 0 Å². The highest BCUT2D eigenvalue weighted by molar-refractivity contribution is 6.33. The molecule has 5 heteroatoms. The van der Waals surface area contributed by atoms with Crippen molar-refractivity contribution >= 4 is 44.2 Å². The Labute approximate surface area is 195 Å². The number of nitrogens with one attached hydrogen (secondary N) is 1. The van der Waals surface area contributed by atoms with Gasteiger partial charge in [-0.3, -0.25) is 0 Å². The molecule has 5 aromatic rings. The predicted molar refractivity (Wildman–Crippen MR) is 133 cm³/mol. The topological polar surface area (TPSA) is 76.3 Å². The maximum Gasteiger partial charge on any atom is 0.141 e. The maximum atomic E-state index is 9.63. The zero-order chi connectivity index (χ0) is 23.1. The van der Waals surface area contributed by atoms with Crippen molar-refractivity contribution in [1.29, 1.82) is 10.5 Å². The molecule has 1 heterocycles. The minimum absolute atomic E-state index is 0.391. The molecule has 4 aromatic carbocycles. The van der Waals surface area contributed by atoms with E-state index in [1.54, 1.807) is 18.2 Å². The first-order valence-corrected chi connectivity index (χ1v) is 10.5. The van der Waals surface area contributed by atoms with Gasteiger partial charge in [0.25, 0.3) is 0 Å². The highest BCUT2D eigenvalue weighted by Crippen LogP contribution is 2.37. The fraction of sp³-hybridized carbons (Fsp3) is 0.0357. The number of benzene rings is 4. The first-order chi connectivity index (χ1) is 16.0. The van der Waals surface area contributed by atoms with Gasteiger partial charge < -0.3 is 4.98 Å². The quantitative estimate of drug-likeness (QED) is 0.227. The molecular formula is C28H15ClN4. The number of fused-ring (bicyclic) bond motifs is 6. The zero-order valence-corrected chi connectivity index (χ0v) is 18.4. The number of nitriles is 2. The van der Waals surface area contributed by atoms with Gasteiger partial charge in [-0.1, -0.05) is 48.2 Å². The van der Waals surface area contributed by atoms with E-state index in [1.807, 2.05) is 43.3 Å². The second-order valence-electron chi connectivity index (χ2n) is 7.74. The Morgan fingerprint density at radius 2 is 1.64 bits per heavy atom. The number of allylic oxidation sites excluding steroid dienone is 1. The number of imidazole rings is 1. The lowest BCUT2D eigenvalue weighted by molar-refractivity contribution is 1.31. The van der Waals surface area contributed by atoms with Crippen LogP contribution in [-0.2, 0) is 0 Å². The van der Waals surface area contributed by atoms with Crippen LogP contribution in [0.4, 0.5) is 0 Å². The van der Waals surface area contributed by atoms with E-state index in [-0.39, 0.29) is 0 Å². The Morgan fingerprint density at radius 3 is 2.33 bits per heavy atom. The van der Waals surface area contributed by atoms with Gasteiger partial charge in [-0.2, -0.15) is 10.5 Å². The molecule has 0 aliphatic rings. The van der Waals surface area contributed by atoms with E-state index in [4.69, 9.17) is 16.6 Å². The summed E-state index contributed by atoms with van der Waals surface area (Å²) in [5.41, 5.74) is 4.52. The van der Waals surface area contributed by atoms with Crippen molar-refractivity contribution < 1.29 is 0 Å². The second-order valence-corrected chi connectivity index (χ2v) is 8.18. The van der Waals surface area contributed by atoms with Gasteiger partial charge >= 0.3 is 0 Å². The van der Waals surface area contributed by atoms with Crippen LogP contribution in [0.15, 0.2) is 66.7 Å². The lowest BCUT2D eigenvalue weighted by atomic mass is 9.98. The van der Waals surface area contributed by atoms with Crippen LogP contribution in [0.25, 0.3) is 44.0 Å². The summed E-state index contributed by atoms with van der Waals surface area (Å²) in [4.78, 5) is 8.23. The van der Waals surface area contributed by atoms with E-state index in [2.05, 4.69) is 35.5 Å². The smallest absolute Gasteiger partial charge is 0.141 e. The van der Waals surface area contributed by atoms with E-state index in [0.717, 1.165) is 43.7 Å². The molecule has 0 amide bonds. The number of rotatable bonds is 1. The lowest BCUT2D eigenvalue weighted by Crippen LogP contribution is -1.91. The van der Waals surface area contributed by atoms with Crippen LogP contribution < -0.4 is 0 Å². The fourth-order valence-electron chi connectivity index (χ4n) is 4.06. The molecule has 4 nitrogen and oxygen atoms in total. The number of hydrogen-bond acceptors (Lipinski definition) is 3. The van der Waals surface area contributed by atoms with Crippen LogP contribution in [0.1, 0.15) is 23.6 Å². The molecule has 0 saturated carbocycles. The third-order valence-electron chi connectivity index (χ3n) is 5.48. The third kappa shape index (κ3) is 3.38. The number of aromatic amines is 1. The lowest BCUT2D eigenvalue weighted by Gasteiger charge is -2.07. The molecule has 154 valence electrons. The first kappa shape index (κ1) is 20.3. The van der Waals surface area contributed by atoms with Gasteiger partial charge in [-0.15, -0.1) is 0 Å². The molecule has 1 N–H and O–H groups in total. The highest BCUT2D eigenvalue weighted by atomic mass is 35.5. The van der Waals surface area contributed by atoms with Crippen LogP contribution >= 0.6 is 11.6 Å². The summed E-state index contributed by atoms with van der Waals surface area (Å²) >= 11 is 6.35. The number of aromatic nitrogens is 2. The molecule has 5 rings (SSSR count). The van der Waals surface area contributed by atoms with Crippen molar-refractivity contribution in [2.45, 2.75) is 6.92 Å². The van der Waals surface area contributed by atoms with Crippen LogP contribution in [-0.4, -0.2) is 9.97 Å². The minimum Gasteiger partial charge on any atom is -0.337 e. The summed E-state index contributed by atoms with van der Waals surface area (Å²) in [6.07, 6.45) is 0. The Balaban J connectivity index is 1.91. The van der Waals surface area contributed by atoms with Crippen LogP contribution in [0.3, 0.4) is 0 Å². The van der Waals surface area contributed by atoms with Crippen molar-refractivity contribution in [3.8, 4) is 35.4 Å². The standard InChI is InChI=1S/C28H15ClN4/c1-16(2)6-7-17-8-10-21-23(12-17)24-13-20(29)9-11-22(24)27-26(21)32-28(33-27)25-18(14-30)4-3-5-19(25)15-31/h3-5,8-13H,1H2,2H3,(H,32,33). The van der Waals surface area contributed by atoms with Gasteiger partial charge in [-0.05, 0) is 59.7 Å². The minimum atomic E-state index is 0.391. The predicted octanol–water partition coefficient (Wildman–Crippen LogP) is 6.86. The van der Waals surface area contributed by atoms with Crippen LogP contribution in [0.2, 0.25) is 5.02 Å². The number of halogens is 1. The Kier molecular flexibility index (Phi) is 4.84. The van der Waals surface area contributed by atoms with E-state index in [1.165, 1.54) is 0 Å². The summed E-state index contributed by atoms with van der Waals surface area (Å²) in [5.74, 6) is 6.65.